The van der Waals surface area contributed by atoms with Crippen molar-refractivity contribution in [1.29, 1.82) is 0 Å². The molecule has 0 spiro atoms. The molecule has 92 valence electrons. The summed E-state index contributed by atoms with van der Waals surface area (Å²) in [5.74, 6) is 0.229. The summed E-state index contributed by atoms with van der Waals surface area (Å²) in [6.45, 7) is 2.09. The van der Waals surface area contributed by atoms with Crippen molar-refractivity contribution < 1.29 is 4.79 Å². The Morgan fingerprint density at radius 2 is 2.24 bits per heavy atom. The molecule has 2 heterocycles. The number of hydrogen-bond donors (Lipinski definition) is 1. The second-order valence-electron chi connectivity index (χ2n) is 4.90. The normalized spacial score (nSPS) is 29.1. The summed E-state index contributed by atoms with van der Waals surface area (Å²) in [5.41, 5.74) is 6.15. The van der Waals surface area contributed by atoms with Crippen LogP contribution < -0.4 is 5.73 Å². The molecule has 1 saturated heterocycles. The van der Waals surface area contributed by atoms with Gasteiger partial charge in [0, 0.05) is 32.7 Å². The molecule has 3 nitrogen and oxygen atoms in total. The molecule has 2 aliphatic rings. The molecule has 2 N–H and O–H groups in total. The zero-order valence-corrected chi connectivity index (χ0v) is 12.1. The Kier molecular flexibility index (Phi) is 2.80. The number of carbonyl (C=O) groups excluding carboxylic acids is 1. The van der Waals surface area contributed by atoms with Crippen LogP contribution in [0.2, 0.25) is 0 Å². The maximum Gasteiger partial charge on any atom is 0.225 e. The number of likely N-dealkylation sites (tertiary alicyclic amines) is 1. The second-order valence-corrected chi connectivity index (χ2v) is 7.04. The molecule has 1 aliphatic heterocycles. The van der Waals surface area contributed by atoms with Crippen molar-refractivity contribution in [3.8, 4) is 0 Å². The van der Waals surface area contributed by atoms with E-state index in [1.807, 2.05) is 4.90 Å². The van der Waals surface area contributed by atoms with Crippen molar-refractivity contribution in [3.63, 3.8) is 0 Å². The third-order valence-corrected chi connectivity index (χ3v) is 5.72. The molecule has 0 radical (unpaired) electrons. The SMILES string of the molecule is Cc1sc(C2C(N)CC(=O)N2C2CC2)cc1Br. The van der Waals surface area contributed by atoms with Gasteiger partial charge in [0.05, 0.1) is 6.04 Å². The molecule has 5 heteroatoms. The Hall–Kier alpha value is -0.390. The minimum Gasteiger partial charge on any atom is -0.330 e. The highest BCUT2D eigenvalue weighted by molar-refractivity contribution is 9.10. The molecule has 1 amide bonds. The van der Waals surface area contributed by atoms with Crippen LogP contribution in [0.4, 0.5) is 0 Å². The fraction of sp³-hybridized carbons (Fsp3) is 0.583. The zero-order chi connectivity index (χ0) is 12.2. The molecule has 17 heavy (non-hydrogen) atoms. The maximum absolute atomic E-state index is 12.0. The first kappa shape index (κ1) is 11.7. The molecule has 1 aromatic rings. The standard InChI is InChI=1S/C12H15BrN2OS/c1-6-8(13)4-10(17-6)12-9(14)5-11(16)15(12)7-2-3-7/h4,7,9,12H,2-3,5,14H2,1H3. The summed E-state index contributed by atoms with van der Waals surface area (Å²) in [5, 5.41) is 0. The Balaban J connectivity index is 1.96. The number of hydrogen-bond acceptors (Lipinski definition) is 3. The lowest BCUT2D eigenvalue weighted by atomic mass is 10.1. The first-order valence-corrected chi connectivity index (χ1v) is 7.51. The van der Waals surface area contributed by atoms with E-state index in [1.165, 1.54) is 9.75 Å². The molecule has 1 aliphatic carbocycles. The molecular formula is C12H15BrN2OS. The predicted octanol–water partition coefficient (Wildman–Crippen LogP) is 2.58. The van der Waals surface area contributed by atoms with E-state index >= 15 is 0 Å². The van der Waals surface area contributed by atoms with Crippen molar-refractivity contribution in [3.05, 3.63) is 20.3 Å². The summed E-state index contributed by atoms with van der Waals surface area (Å²) in [4.78, 5) is 16.5. The van der Waals surface area contributed by atoms with Crippen LogP contribution in [0.15, 0.2) is 10.5 Å². The lowest BCUT2D eigenvalue weighted by molar-refractivity contribution is -0.129. The Bertz CT molecular complexity index is 450. The van der Waals surface area contributed by atoms with Gasteiger partial charge in [-0.1, -0.05) is 0 Å². The van der Waals surface area contributed by atoms with Crippen molar-refractivity contribution in [2.75, 3.05) is 0 Å². The van der Waals surface area contributed by atoms with Crippen LogP contribution in [-0.4, -0.2) is 22.9 Å². The molecular weight excluding hydrogens is 300 g/mol. The molecule has 0 bridgehead atoms. The van der Waals surface area contributed by atoms with Gasteiger partial charge in [0.25, 0.3) is 0 Å². The van der Waals surface area contributed by atoms with Gasteiger partial charge in [-0.15, -0.1) is 11.3 Å². The van der Waals surface area contributed by atoms with Crippen LogP contribution in [0.25, 0.3) is 0 Å². The average Bonchev–Trinajstić information content (AvgIpc) is 2.97. The van der Waals surface area contributed by atoms with E-state index in [-0.39, 0.29) is 18.0 Å². The lowest BCUT2D eigenvalue weighted by Crippen LogP contribution is -2.34. The predicted molar refractivity (Wildman–Crippen MR) is 72.0 cm³/mol. The largest absolute Gasteiger partial charge is 0.330 e. The van der Waals surface area contributed by atoms with Gasteiger partial charge < -0.3 is 10.6 Å². The number of carbonyl (C=O) groups is 1. The van der Waals surface area contributed by atoms with Crippen molar-refractivity contribution in [1.82, 2.24) is 4.90 Å². The number of thiophene rings is 1. The topological polar surface area (TPSA) is 46.3 Å². The Labute approximate surface area is 113 Å². The van der Waals surface area contributed by atoms with Gasteiger partial charge in [0.2, 0.25) is 5.91 Å². The van der Waals surface area contributed by atoms with Crippen LogP contribution in [0, 0.1) is 6.92 Å². The fourth-order valence-corrected chi connectivity index (χ4v) is 4.28. The number of amides is 1. The molecule has 1 saturated carbocycles. The smallest absolute Gasteiger partial charge is 0.225 e. The third kappa shape index (κ3) is 1.94. The fourth-order valence-electron chi connectivity index (χ4n) is 2.54. The molecule has 2 atom stereocenters. The van der Waals surface area contributed by atoms with E-state index in [0.29, 0.717) is 12.5 Å². The van der Waals surface area contributed by atoms with Gasteiger partial charge in [-0.2, -0.15) is 0 Å². The van der Waals surface area contributed by atoms with E-state index in [4.69, 9.17) is 5.73 Å². The van der Waals surface area contributed by atoms with Crippen LogP contribution in [0.1, 0.15) is 35.1 Å². The minimum atomic E-state index is -0.0481. The number of rotatable bonds is 2. The van der Waals surface area contributed by atoms with Crippen LogP contribution in [0.5, 0.6) is 0 Å². The summed E-state index contributed by atoms with van der Waals surface area (Å²) < 4.78 is 1.12. The highest BCUT2D eigenvalue weighted by Crippen LogP contribution is 2.44. The minimum absolute atomic E-state index is 0.0481. The van der Waals surface area contributed by atoms with Crippen molar-refractivity contribution in [2.45, 2.75) is 44.3 Å². The summed E-state index contributed by atoms with van der Waals surface area (Å²) >= 11 is 5.28. The summed E-state index contributed by atoms with van der Waals surface area (Å²) in [6, 6.07) is 2.62. The number of aryl methyl sites for hydroxylation is 1. The number of nitrogens with two attached hydrogens (primary N) is 1. The molecule has 2 unspecified atom stereocenters. The highest BCUT2D eigenvalue weighted by atomic mass is 79.9. The van der Waals surface area contributed by atoms with E-state index in [0.717, 1.165) is 17.3 Å². The zero-order valence-electron chi connectivity index (χ0n) is 9.65. The lowest BCUT2D eigenvalue weighted by Gasteiger charge is -2.25. The van der Waals surface area contributed by atoms with Crippen LogP contribution >= 0.6 is 27.3 Å². The van der Waals surface area contributed by atoms with E-state index in [9.17, 15) is 4.79 Å². The number of nitrogens with zero attached hydrogens (tertiary/aromatic N) is 1. The Morgan fingerprint density at radius 1 is 1.53 bits per heavy atom. The van der Waals surface area contributed by atoms with Gasteiger partial charge in [-0.3, -0.25) is 4.79 Å². The average molecular weight is 315 g/mol. The first-order chi connectivity index (χ1) is 8.08. The molecule has 2 fully saturated rings. The van der Waals surface area contributed by atoms with Crippen molar-refractivity contribution >= 4 is 33.2 Å². The quantitative estimate of drug-likeness (QED) is 0.912. The van der Waals surface area contributed by atoms with Gasteiger partial charge in [0.1, 0.15) is 0 Å². The van der Waals surface area contributed by atoms with E-state index in [1.54, 1.807) is 11.3 Å². The summed E-state index contributed by atoms with van der Waals surface area (Å²) in [7, 11) is 0. The van der Waals surface area contributed by atoms with Gasteiger partial charge in [0.15, 0.2) is 0 Å². The third-order valence-electron chi connectivity index (χ3n) is 3.51. The van der Waals surface area contributed by atoms with Gasteiger partial charge in [-0.25, -0.2) is 0 Å². The van der Waals surface area contributed by atoms with E-state index < -0.39 is 0 Å². The highest BCUT2D eigenvalue weighted by Gasteiger charge is 2.46. The van der Waals surface area contributed by atoms with Gasteiger partial charge in [-0.05, 0) is 41.8 Å². The summed E-state index contributed by atoms with van der Waals surface area (Å²) in [6.07, 6.45) is 2.77. The first-order valence-electron chi connectivity index (χ1n) is 5.90. The van der Waals surface area contributed by atoms with Gasteiger partial charge >= 0.3 is 0 Å². The van der Waals surface area contributed by atoms with Crippen LogP contribution in [-0.2, 0) is 4.79 Å². The number of halogens is 1. The Morgan fingerprint density at radius 3 is 2.76 bits per heavy atom. The van der Waals surface area contributed by atoms with Crippen LogP contribution in [0.3, 0.4) is 0 Å². The molecule has 0 aromatic carbocycles. The van der Waals surface area contributed by atoms with E-state index in [2.05, 4.69) is 28.9 Å². The maximum atomic E-state index is 12.0. The second kappa shape index (κ2) is 4.07. The molecule has 1 aromatic heterocycles. The molecule has 3 rings (SSSR count). The van der Waals surface area contributed by atoms with Crippen molar-refractivity contribution in [2.24, 2.45) is 5.73 Å². The monoisotopic (exact) mass is 314 g/mol.